The van der Waals surface area contributed by atoms with E-state index in [9.17, 15) is 4.79 Å². The van der Waals surface area contributed by atoms with Gasteiger partial charge in [0.25, 0.3) is 0 Å². The van der Waals surface area contributed by atoms with E-state index in [1.54, 1.807) is 0 Å². The van der Waals surface area contributed by atoms with E-state index in [1.807, 2.05) is 0 Å². The first-order valence-corrected chi connectivity index (χ1v) is 10.1. The predicted molar refractivity (Wildman–Crippen MR) is 98.9 cm³/mol. The molecule has 0 atom stereocenters. The summed E-state index contributed by atoms with van der Waals surface area (Å²) in [6.07, 6.45) is 16.0. The molecule has 136 valence electrons. The van der Waals surface area contributed by atoms with E-state index in [-0.39, 0.29) is 6.03 Å². The third kappa shape index (κ3) is 12.3. The van der Waals surface area contributed by atoms with Crippen molar-refractivity contribution in [2.45, 2.75) is 84.0 Å². The fourth-order valence-electron chi connectivity index (χ4n) is 3.21. The number of hydrogen-bond donors (Lipinski definition) is 2. The Hall–Kier alpha value is -0.770. The quantitative estimate of drug-likeness (QED) is 0.468. The number of amides is 2. The van der Waals surface area contributed by atoms with Crippen molar-refractivity contribution in [2.75, 3.05) is 32.7 Å². The van der Waals surface area contributed by atoms with Gasteiger partial charge in [0.05, 0.1) is 0 Å². The second-order valence-electron chi connectivity index (χ2n) is 6.91. The Bertz CT molecular complexity index is 278. The van der Waals surface area contributed by atoms with Crippen molar-refractivity contribution in [2.24, 2.45) is 0 Å². The number of rotatable bonds is 14. The summed E-state index contributed by atoms with van der Waals surface area (Å²) in [4.78, 5) is 14.1. The van der Waals surface area contributed by atoms with Crippen molar-refractivity contribution in [3.63, 3.8) is 0 Å². The van der Waals surface area contributed by atoms with Crippen molar-refractivity contribution in [3.05, 3.63) is 0 Å². The molecule has 2 N–H and O–H groups in total. The lowest BCUT2D eigenvalue weighted by molar-refractivity contribution is 0.238. The van der Waals surface area contributed by atoms with E-state index in [0.717, 1.165) is 26.1 Å². The number of nitrogens with zero attached hydrogens (tertiary/aromatic N) is 1. The van der Waals surface area contributed by atoms with Gasteiger partial charge in [0.1, 0.15) is 0 Å². The van der Waals surface area contributed by atoms with E-state index in [1.165, 1.54) is 83.7 Å². The van der Waals surface area contributed by atoms with E-state index in [4.69, 9.17) is 0 Å². The first-order chi connectivity index (χ1) is 11.3. The van der Waals surface area contributed by atoms with Gasteiger partial charge in [0.2, 0.25) is 0 Å². The topological polar surface area (TPSA) is 44.4 Å². The lowest BCUT2D eigenvalue weighted by Gasteiger charge is -2.14. The molecule has 1 aliphatic heterocycles. The standard InChI is InChI=1S/C19H39N3O/c1-2-3-4-5-6-7-8-9-10-11-14-20-19(23)21-15-18-22-16-12-13-17-22/h2-18H2,1H3,(H2,20,21,23). The Kier molecular flexibility index (Phi) is 13.0. The molecule has 0 unspecified atom stereocenters. The maximum atomic E-state index is 11.6. The molecule has 4 nitrogen and oxygen atoms in total. The van der Waals surface area contributed by atoms with E-state index < -0.39 is 0 Å². The molecular formula is C19H39N3O. The molecule has 0 saturated carbocycles. The maximum absolute atomic E-state index is 11.6. The van der Waals surface area contributed by atoms with Crippen LogP contribution in [0.5, 0.6) is 0 Å². The average molecular weight is 326 g/mol. The number of hydrogen-bond acceptors (Lipinski definition) is 2. The maximum Gasteiger partial charge on any atom is 0.314 e. The molecule has 1 heterocycles. The van der Waals surface area contributed by atoms with Crippen LogP contribution in [-0.2, 0) is 0 Å². The molecule has 4 heteroatoms. The number of urea groups is 1. The molecule has 0 bridgehead atoms. The van der Waals surface area contributed by atoms with Crippen LogP contribution in [0, 0.1) is 0 Å². The molecule has 1 aliphatic rings. The molecule has 0 aromatic rings. The first-order valence-electron chi connectivity index (χ1n) is 10.1. The van der Waals surface area contributed by atoms with Gasteiger partial charge >= 0.3 is 6.03 Å². The largest absolute Gasteiger partial charge is 0.338 e. The van der Waals surface area contributed by atoms with E-state index in [2.05, 4.69) is 22.5 Å². The van der Waals surface area contributed by atoms with E-state index >= 15 is 0 Å². The lowest BCUT2D eigenvalue weighted by Crippen LogP contribution is -2.40. The lowest BCUT2D eigenvalue weighted by atomic mass is 10.1. The number of nitrogens with one attached hydrogen (secondary N) is 2. The monoisotopic (exact) mass is 325 g/mol. The number of unbranched alkanes of at least 4 members (excludes halogenated alkanes) is 9. The van der Waals surface area contributed by atoms with Gasteiger partial charge in [-0.15, -0.1) is 0 Å². The van der Waals surface area contributed by atoms with Crippen molar-refractivity contribution in [1.29, 1.82) is 0 Å². The summed E-state index contributed by atoms with van der Waals surface area (Å²) >= 11 is 0. The van der Waals surface area contributed by atoms with Gasteiger partial charge in [-0.05, 0) is 32.4 Å². The van der Waals surface area contributed by atoms with Crippen LogP contribution in [0.25, 0.3) is 0 Å². The van der Waals surface area contributed by atoms with Gasteiger partial charge in [0, 0.05) is 19.6 Å². The zero-order valence-corrected chi connectivity index (χ0v) is 15.4. The summed E-state index contributed by atoms with van der Waals surface area (Å²) in [6, 6.07) is 0.000112. The Labute approximate surface area is 143 Å². The van der Waals surface area contributed by atoms with Crippen LogP contribution in [0.1, 0.15) is 84.0 Å². The van der Waals surface area contributed by atoms with Gasteiger partial charge in [-0.3, -0.25) is 0 Å². The number of carbonyl (C=O) groups is 1. The first kappa shape index (κ1) is 20.3. The molecule has 0 aromatic carbocycles. The molecule has 1 rings (SSSR count). The number of likely N-dealkylation sites (tertiary alicyclic amines) is 1. The van der Waals surface area contributed by atoms with Crippen LogP contribution in [0.15, 0.2) is 0 Å². The summed E-state index contributed by atoms with van der Waals surface area (Å²) < 4.78 is 0. The van der Waals surface area contributed by atoms with Crippen LogP contribution < -0.4 is 10.6 Å². The molecule has 2 amide bonds. The molecule has 23 heavy (non-hydrogen) atoms. The van der Waals surface area contributed by atoms with Crippen molar-refractivity contribution in [1.82, 2.24) is 15.5 Å². The third-order valence-corrected chi connectivity index (χ3v) is 4.73. The van der Waals surface area contributed by atoms with E-state index in [0.29, 0.717) is 0 Å². The molecule has 0 radical (unpaired) electrons. The summed E-state index contributed by atoms with van der Waals surface area (Å²) in [7, 11) is 0. The molecular weight excluding hydrogens is 286 g/mol. The second-order valence-corrected chi connectivity index (χ2v) is 6.91. The number of carbonyl (C=O) groups excluding carboxylic acids is 1. The highest BCUT2D eigenvalue weighted by Crippen LogP contribution is 2.10. The minimum absolute atomic E-state index is 0.000112. The van der Waals surface area contributed by atoms with Gasteiger partial charge in [-0.2, -0.15) is 0 Å². The zero-order valence-electron chi connectivity index (χ0n) is 15.4. The van der Waals surface area contributed by atoms with Crippen LogP contribution in [0.4, 0.5) is 4.79 Å². The minimum atomic E-state index is 0.000112. The molecule has 1 fully saturated rings. The molecule has 1 saturated heterocycles. The Morgan fingerprint density at radius 2 is 1.30 bits per heavy atom. The van der Waals surface area contributed by atoms with Crippen LogP contribution in [0.2, 0.25) is 0 Å². The van der Waals surface area contributed by atoms with Crippen LogP contribution >= 0.6 is 0 Å². The average Bonchev–Trinajstić information content (AvgIpc) is 3.06. The highest BCUT2D eigenvalue weighted by atomic mass is 16.2. The van der Waals surface area contributed by atoms with Crippen LogP contribution in [0.3, 0.4) is 0 Å². The highest BCUT2D eigenvalue weighted by Gasteiger charge is 2.10. The van der Waals surface area contributed by atoms with Crippen LogP contribution in [-0.4, -0.2) is 43.7 Å². The molecule has 0 spiro atoms. The molecule has 0 aliphatic carbocycles. The second kappa shape index (κ2) is 14.8. The fourth-order valence-corrected chi connectivity index (χ4v) is 3.21. The highest BCUT2D eigenvalue weighted by molar-refractivity contribution is 5.73. The van der Waals surface area contributed by atoms with Crippen molar-refractivity contribution < 1.29 is 4.79 Å². The van der Waals surface area contributed by atoms with Gasteiger partial charge in [-0.25, -0.2) is 4.79 Å². The SMILES string of the molecule is CCCCCCCCCCCCNC(=O)NCCN1CCCC1. The Morgan fingerprint density at radius 3 is 1.91 bits per heavy atom. The minimum Gasteiger partial charge on any atom is -0.338 e. The fraction of sp³-hybridized carbons (Fsp3) is 0.947. The van der Waals surface area contributed by atoms with Crippen molar-refractivity contribution in [3.8, 4) is 0 Å². The van der Waals surface area contributed by atoms with Crippen molar-refractivity contribution >= 4 is 6.03 Å². The third-order valence-electron chi connectivity index (χ3n) is 4.73. The summed E-state index contributed by atoms with van der Waals surface area (Å²) in [5.74, 6) is 0. The zero-order chi connectivity index (χ0) is 16.6. The predicted octanol–water partition coefficient (Wildman–Crippen LogP) is 4.30. The molecule has 0 aromatic heterocycles. The summed E-state index contributed by atoms with van der Waals surface area (Å²) in [5.41, 5.74) is 0. The van der Waals surface area contributed by atoms with Gasteiger partial charge in [0.15, 0.2) is 0 Å². The Morgan fingerprint density at radius 1 is 0.783 bits per heavy atom. The normalized spacial score (nSPS) is 15.0. The van der Waals surface area contributed by atoms with Gasteiger partial charge < -0.3 is 15.5 Å². The van der Waals surface area contributed by atoms with Gasteiger partial charge in [-0.1, -0.05) is 64.7 Å². The smallest absolute Gasteiger partial charge is 0.314 e. The summed E-state index contributed by atoms with van der Waals surface area (Å²) in [5, 5.41) is 5.92. The summed E-state index contributed by atoms with van der Waals surface area (Å²) in [6.45, 7) is 7.23. The Balaban J connectivity index is 1.75.